The Hall–Kier alpha value is -4.28. The predicted octanol–water partition coefficient (Wildman–Crippen LogP) is 4.44. The van der Waals surface area contributed by atoms with Crippen LogP contribution in [0.2, 0.25) is 0 Å². The van der Waals surface area contributed by atoms with Crippen molar-refractivity contribution in [3.05, 3.63) is 102 Å². The summed E-state index contributed by atoms with van der Waals surface area (Å²) < 4.78 is 0. The molecule has 2 heterocycles. The molecular weight excluding hydrogens is 460 g/mol. The molecule has 1 aliphatic heterocycles. The van der Waals surface area contributed by atoms with Crippen molar-refractivity contribution in [3.63, 3.8) is 0 Å². The molecule has 3 aromatic carbocycles. The van der Waals surface area contributed by atoms with E-state index in [0.717, 1.165) is 43.8 Å². The van der Waals surface area contributed by atoms with Crippen molar-refractivity contribution in [1.82, 2.24) is 20.2 Å². The first-order valence-corrected chi connectivity index (χ1v) is 12.6. The van der Waals surface area contributed by atoms with Crippen LogP contribution in [0, 0.1) is 11.3 Å². The van der Waals surface area contributed by atoms with Crippen LogP contribution in [0.3, 0.4) is 0 Å². The van der Waals surface area contributed by atoms with Gasteiger partial charge in [-0.15, -0.1) is 0 Å². The number of nitriles is 1. The van der Waals surface area contributed by atoms with Gasteiger partial charge in [-0.05, 0) is 30.2 Å². The van der Waals surface area contributed by atoms with Gasteiger partial charge >= 0.3 is 0 Å². The molecule has 0 radical (unpaired) electrons. The molecule has 5 rings (SSSR count). The van der Waals surface area contributed by atoms with Crippen molar-refractivity contribution in [3.8, 4) is 6.07 Å². The van der Waals surface area contributed by atoms with E-state index in [0.29, 0.717) is 17.0 Å². The van der Waals surface area contributed by atoms with Crippen LogP contribution in [0.5, 0.6) is 0 Å². The van der Waals surface area contributed by atoms with Gasteiger partial charge in [0.25, 0.3) is 0 Å². The number of rotatable bonds is 7. The summed E-state index contributed by atoms with van der Waals surface area (Å²) >= 11 is 0. The van der Waals surface area contributed by atoms with Gasteiger partial charge in [-0.3, -0.25) is 9.69 Å². The fourth-order valence-corrected chi connectivity index (χ4v) is 4.76. The van der Waals surface area contributed by atoms with Crippen molar-refractivity contribution in [1.29, 1.82) is 5.26 Å². The number of hydrogen-bond donors (Lipinski definition) is 1. The SMILES string of the molecule is CC(NC(=O)C(C#N)c1nc2ccccc2nc1N1CCN(Cc2ccccc2)CC1)c1ccccc1. The minimum Gasteiger partial charge on any atom is -0.352 e. The Morgan fingerprint density at radius 2 is 1.49 bits per heavy atom. The highest BCUT2D eigenvalue weighted by Crippen LogP contribution is 2.29. The molecule has 1 aliphatic rings. The fourth-order valence-electron chi connectivity index (χ4n) is 4.76. The molecule has 1 saturated heterocycles. The summed E-state index contributed by atoms with van der Waals surface area (Å²) in [5, 5.41) is 13.1. The maximum Gasteiger partial charge on any atom is 0.244 e. The summed E-state index contributed by atoms with van der Waals surface area (Å²) in [5.41, 5.74) is 4.11. The first kappa shape index (κ1) is 24.4. The lowest BCUT2D eigenvalue weighted by atomic mass is 10.0. The molecule has 0 saturated carbocycles. The second kappa shape index (κ2) is 11.2. The Morgan fingerprint density at radius 1 is 0.892 bits per heavy atom. The maximum absolute atomic E-state index is 13.4. The van der Waals surface area contributed by atoms with Gasteiger partial charge in [0, 0.05) is 32.7 Å². The predicted molar refractivity (Wildman–Crippen MR) is 145 cm³/mol. The molecule has 37 heavy (non-hydrogen) atoms. The summed E-state index contributed by atoms with van der Waals surface area (Å²) in [4.78, 5) is 27.6. The summed E-state index contributed by atoms with van der Waals surface area (Å²) in [7, 11) is 0. The van der Waals surface area contributed by atoms with E-state index in [2.05, 4.69) is 45.5 Å². The van der Waals surface area contributed by atoms with E-state index in [1.807, 2.05) is 67.6 Å². The average Bonchev–Trinajstić information content (AvgIpc) is 2.94. The van der Waals surface area contributed by atoms with Crippen molar-refractivity contribution >= 4 is 22.8 Å². The average molecular weight is 491 g/mol. The Balaban J connectivity index is 1.39. The Morgan fingerprint density at radius 3 is 2.14 bits per heavy atom. The summed E-state index contributed by atoms with van der Waals surface area (Å²) in [6.07, 6.45) is 0. The topological polar surface area (TPSA) is 85.1 Å². The monoisotopic (exact) mass is 490 g/mol. The molecule has 1 N–H and O–H groups in total. The molecule has 2 atom stereocenters. The molecule has 0 aliphatic carbocycles. The molecule has 4 aromatic rings. The molecule has 7 heteroatoms. The second-order valence-corrected chi connectivity index (χ2v) is 9.37. The van der Waals surface area contributed by atoms with E-state index in [-0.39, 0.29) is 11.9 Å². The van der Waals surface area contributed by atoms with Crippen molar-refractivity contribution in [2.75, 3.05) is 31.1 Å². The molecule has 0 bridgehead atoms. The highest BCUT2D eigenvalue weighted by molar-refractivity contribution is 5.89. The molecule has 1 aromatic heterocycles. The summed E-state index contributed by atoms with van der Waals surface area (Å²) in [5.74, 6) is -0.819. The van der Waals surface area contributed by atoms with E-state index in [4.69, 9.17) is 9.97 Å². The van der Waals surface area contributed by atoms with Crippen molar-refractivity contribution < 1.29 is 4.79 Å². The van der Waals surface area contributed by atoms with Gasteiger partial charge in [-0.25, -0.2) is 9.97 Å². The quantitative estimate of drug-likeness (QED) is 0.412. The zero-order chi connectivity index (χ0) is 25.6. The molecular formula is C30H30N6O. The third kappa shape index (κ3) is 5.60. The maximum atomic E-state index is 13.4. The number of benzene rings is 3. The number of amides is 1. The highest BCUT2D eigenvalue weighted by Gasteiger charge is 2.31. The van der Waals surface area contributed by atoms with Crippen LogP contribution in [-0.2, 0) is 11.3 Å². The Bertz CT molecular complexity index is 1390. The number of nitrogens with zero attached hydrogens (tertiary/aromatic N) is 5. The van der Waals surface area contributed by atoms with Gasteiger partial charge < -0.3 is 10.2 Å². The second-order valence-electron chi connectivity index (χ2n) is 9.37. The third-order valence-corrected chi connectivity index (χ3v) is 6.82. The smallest absolute Gasteiger partial charge is 0.244 e. The number of carbonyl (C=O) groups excluding carboxylic acids is 1. The standard InChI is InChI=1S/C30H30N6O/c1-22(24-12-6-3-7-13-24)32-30(37)25(20-31)28-29(34-27-15-9-8-14-26(27)33-28)36-18-16-35(17-19-36)21-23-10-4-2-5-11-23/h2-15,22,25H,16-19,21H2,1H3,(H,32,37). The van der Waals surface area contributed by atoms with E-state index >= 15 is 0 Å². The molecule has 186 valence electrons. The van der Waals surface area contributed by atoms with Crippen molar-refractivity contribution in [2.45, 2.75) is 25.4 Å². The van der Waals surface area contributed by atoms with Gasteiger partial charge in [0.05, 0.1) is 23.1 Å². The fraction of sp³-hybridized carbons (Fsp3) is 0.267. The van der Waals surface area contributed by atoms with Gasteiger partial charge in [0.2, 0.25) is 5.91 Å². The number of fused-ring (bicyclic) bond motifs is 1. The van der Waals surface area contributed by atoms with Crippen LogP contribution in [-0.4, -0.2) is 47.0 Å². The minimum absolute atomic E-state index is 0.233. The van der Waals surface area contributed by atoms with Crippen LogP contribution in [0.4, 0.5) is 5.82 Å². The lowest BCUT2D eigenvalue weighted by Crippen LogP contribution is -2.47. The van der Waals surface area contributed by atoms with Gasteiger partial charge in [-0.2, -0.15) is 5.26 Å². The number of carbonyl (C=O) groups is 1. The zero-order valence-corrected chi connectivity index (χ0v) is 20.9. The minimum atomic E-state index is -1.07. The molecule has 7 nitrogen and oxygen atoms in total. The Labute approximate surface area is 217 Å². The number of nitrogens with one attached hydrogen (secondary N) is 1. The van der Waals surface area contributed by atoms with E-state index in [9.17, 15) is 10.1 Å². The van der Waals surface area contributed by atoms with E-state index in [1.54, 1.807) is 0 Å². The van der Waals surface area contributed by atoms with Crippen LogP contribution in [0.15, 0.2) is 84.9 Å². The van der Waals surface area contributed by atoms with Crippen molar-refractivity contribution in [2.24, 2.45) is 0 Å². The molecule has 2 unspecified atom stereocenters. The lowest BCUT2D eigenvalue weighted by molar-refractivity contribution is -0.122. The first-order valence-electron chi connectivity index (χ1n) is 12.6. The van der Waals surface area contributed by atoms with Crippen LogP contribution >= 0.6 is 0 Å². The van der Waals surface area contributed by atoms with Gasteiger partial charge in [0.1, 0.15) is 5.69 Å². The number of para-hydroxylation sites is 2. The normalized spacial score (nSPS) is 15.6. The largest absolute Gasteiger partial charge is 0.352 e. The Kier molecular flexibility index (Phi) is 7.38. The highest BCUT2D eigenvalue weighted by atomic mass is 16.2. The molecule has 1 fully saturated rings. The first-order chi connectivity index (χ1) is 18.1. The van der Waals surface area contributed by atoms with Gasteiger partial charge in [-0.1, -0.05) is 72.8 Å². The van der Waals surface area contributed by atoms with Crippen LogP contribution < -0.4 is 10.2 Å². The van der Waals surface area contributed by atoms with E-state index < -0.39 is 5.92 Å². The zero-order valence-electron chi connectivity index (χ0n) is 20.9. The van der Waals surface area contributed by atoms with Crippen LogP contribution in [0.1, 0.15) is 35.7 Å². The van der Waals surface area contributed by atoms with E-state index in [1.165, 1.54) is 5.56 Å². The number of hydrogen-bond acceptors (Lipinski definition) is 6. The van der Waals surface area contributed by atoms with Crippen LogP contribution in [0.25, 0.3) is 11.0 Å². The number of piperazine rings is 1. The molecule has 1 amide bonds. The third-order valence-electron chi connectivity index (χ3n) is 6.82. The number of anilines is 1. The lowest BCUT2D eigenvalue weighted by Gasteiger charge is -2.36. The summed E-state index contributed by atoms with van der Waals surface area (Å²) in [6.45, 7) is 6.01. The molecule has 0 spiro atoms. The summed E-state index contributed by atoms with van der Waals surface area (Å²) in [6, 6.07) is 29.8. The van der Waals surface area contributed by atoms with Gasteiger partial charge in [0.15, 0.2) is 11.7 Å². The number of aromatic nitrogens is 2.